The standard InChI is InChI=1S/C7H15NO3/c1-3-5-11-6-4-8-7(9)10-2/h3-6H2,1-2H3,(H,8,9). The third-order valence-corrected chi connectivity index (χ3v) is 1.05. The van der Waals surface area contributed by atoms with E-state index in [1.54, 1.807) is 0 Å². The summed E-state index contributed by atoms with van der Waals surface area (Å²) in [6.45, 7) is 3.83. The second-order valence-corrected chi connectivity index (χ2v) is 2.03. The molecule has 1 amide bonds. The Hall–Kier alpha value is -0.770. The second kappa shape index (κ2) is 7.34. The first-order valence-corrected chi connectivity index (χ1v) is 3.70. The van der Waals surface area contributed by atoms with E-state index in [-0.39, 0.29) is 0 Å². The summed E-state index contributed by atoms with van der Waals surface area (Å²) in [4.78, 5) is 10.5. The molecule has 66 valence electrons. The maximum Gasteiger partial charge on any atom is 0.406 e. The van der Waals surface area contributed by atoms with Gasteiger partial charge in [-0.3, -0.25) is 0 Å². The lowest BCUT2D eigenvalue weighted by molar-refractivity contribution is 0.129. The van der Waals surface area contributed by atoms with Crippen molar-refractivity contribution in [2.75, 3.05) is 26.9 Å². The topological polar surface area (TPSA) is 47.6 Å². The van der Waals surface area contributed by atoms with Crippen LogP contribution >= 0.6 is 0 Å². The highest BCUT2D eigenvalue weighted by Crippen LogP contribution is 1.78. The molecule has 0 aliphatic carbocycles. The van der Waals surface area contributed by atoms with Crippen LogP contribution in [0.1, 0.15) is 13.3 Å². The molecule has 0 bridgehead atoms. The number of carbonyl (C=O) groups excluding carboxylic acids is 1. The van der Waals surface area contributed by atoms with Crippen molar-refractivity contribution >= 4 is 6.09 Å². The fourth-order valence-electron chi connectivity index (χ4n) is 0.544. The summed E-state index contributed by atoms with van der Waals surface area (Å²) in [5.74, 6) is 0. The van der Waals surface area contributed by atoms with Gasteiger partial charge in [0.25, 0.3) is 0 Å². The number of nitrogens with one attached hydrogen (secondary N) is 1. The van der Waals surface area contributed by atoms with Crippen molar-refractivity contribution < 1.29 is 14.3 Å². The monoisotopic (exact) mass is 161 g/mol. The van der Waals surface area contributed by atoms with Crippen LogP contribution in [0.15, 0.2) is 0 Å². The van der Waals surface area contributed by atoms with E-state index in [2.05, 4.69) is 10.1 Å². The van der Waals surface area contributed by atoms with E-state index in [0.717, 1.165) is 13.0 Å². The summed E-state index contributed by atoms with van der Waals surface area (Å²) in [5, 5.41) is 2.51. The van der Waals surface area contributed by atoms with Crippen LogP contribution in [0.3, 0.4) is 0 Å². The fraction of sp³-hybridized carbons (Fsp3) is 0.857. The lowest BCUT2D eigenvalue weighted by Crippen LogP contribution is -2.26. The van der Waals surface area contributed by atoms with Crippen molar-refractivity contribution in [1.82, 2.24) is 5.32 Å². The smallest absolute Gasteiger partial charge is 0.406 e. The SMILES string of the molecule is CCCOCCNC(=O)OC. The highest BCUT2D eigenvalue weighted by molar-refractivity contribution is 5.66. The van der Waals surface area contributed by atoms with E-state index in [1.807, 2.05) is 6.92 Å². The van der Waals surface area contributed by atoms with E-state index < -0.39 is 6.09 Å². The molecule has 0 saturated carbocycles. The Labute approximate surface area is 66.9 Å². The van der Waals surface area contributed by atoms with E-state index in [1.165, 1.54) is 7.11 Å². The molecule has 0 unspecified atom stereocenters. The third kappa shape index (κ3) is 7.12. The van der Waals surface area contributed by atoms with Gasteiger partial charge in [-0.05, 0) is 6.42 Å². The van der Waals surface area contributed by atoms with Crippen molar-refractivity contribution in [2.24, 2.45) is 0 Å². The summed E-state index contributed by atoms with van der Waals surface area (Å²) < 4.78 is 9.46. The van der Waals surface area contributed by atoms with Crippen LogP contribution in [0.5, 0.6) is 0 Å². The predicted molar refractivity (Wildman–Crippen MR) is 41.5 cm³/mol. The number of hydrogen-bond acceptors (Lipinski definition) is 3. The maximum atomic E-state index is 10.5. The largest absolute Gasteiger partial charge is 0.453 e. The molecule has 0 fully saturated rings. The molecular formula is C7H15NO3. The lowest BCUT2D eigenvalue weighted by Gasteiger charge is -2.03. The van der Waals surface area contributed by atoms with Gasteiger partial charge in [0, 0.05) is 13.2 Å². The van der Waals surface area contributed by atoms with Crippen molar-refractivity contribution in [1.29, 1.82) is 0 Å². The number of ether oxygens (including phenoxy) is 2. The molecule has 0 aromatic rings. The summed E-state index contributed by atoms with van der Waals surface area (Å²) in [6.07, 6.45) is 0.586. The Morgan fingerprint density at radius 3 is 2.73 bits per heavy atom. The number of alkyl carbamates (subject to hydrolysis) is 1. The van der Waals surface area contributed by atoms with Crippen LogP contribution in [-0.2, 0) is 9.47 Å². The molecule has 0 aromatic heterocycles. The maximum absolute atomic E-state index is 10.5. The van der Waals surface area contributed by atoms with E-state index in [4.69, 9.17) is 4.74 Å². The normalized spacial score (nSPS) is 9.27. The number of amides is 1. The molecule has 0 saturated heterocycles. The molecule has 4 nitrogen and oxygen atoms in total. The third-order valence-electron chi connectivity index (χ3n) is 1.05. The van der Waals surface area contributed by atoms with Gasteiger partial charge in [-0.15, -0.1) is 0 Å². The Morgan fingerprint density at radius 1 is 1.45 bits per heavy atom. The highest BCUT2D eigenvalue weighted by Gasteiger charge is 1.94. The molecule has 11 heavy (non-hydrogen) atoms. The molecule has 0 spiro atoms. The first-order chi connectivity index (χ1) is 5.31. The van der Waals surface area contributed by atoms with E-state index in [0.29, 0.717) is 13.2 Å². The summed E-state index contributed by atoms with van der Waals surface area (Å²) in [6, 6.07) is 0. The van der Waals surface area contributed by atoms with Crippen molar-refractivity contribution in [3.63, 3.8) is 0 Å². The highest BCUT2D eigenvalue weighted by atomic mass is 16.5. The van der Waals surface area contributed by atoms with Gasteiger partial charge in [0.2, 0.25) is 0 Å². The van der Waals surface area contributed by atoms with Crippen molar-refractivity contribution in [3.05, 3.63) is 0 Å². The number of methoxy groups -OCH3 is 1. The number of rotatable bonds is 5. The Bertz CT molecular complexity index is 106. The van der Waals surface area contributed by atoms with Crippen LogP contribution in [0.2, 0.25) is 0 Å². The Morgan fingerprint density at radius 2 is 2.18 bits per heavy atom. The molecule has 0 aliphatic heterocycles. The lowest BCUT2D eigenvalue weighted by atomic mass is 10.5. The minimum absolute atomic E-state index is 0.412. The van der Waals surface area contributed by atoms with E-state index >= 15 is 0 Å². The van der Waals surface area contributed by atoms with Gasteiger partial charge < -0.3 is 14.8 Å². The fourth-order valence-corrected chi connectivity index (χ4v) is 0.544. The second-order valence-electron chi connectivity index (χ2n) is 2.03. The van der Waals surface area contributed by atoms with Gasteiger partial charge in [0.15, 0.2) is 0 Å². The zero-order valence-electron chi connectivity index (χ0n) is 7.05. The zero-order valence-corrected chi connectivity index (χ0v) is 7.05. The summed E-state index contributed by atoms with van der Waals surface area (Å²) in [5.41, 5.74) is 0. The van der Waals surface area contributed by atoms with Crippen LogP contribution < -0.4 is 5.32 Å². The van der Waals surface area contributed by atoms with Gasteiger partial charge in [-0.2, -0.15) is 0 Å². The summed E-state index contributed by atoms with van der Waals surface area (Å²) >= 11 is 0. The Kier molecular flexibility index (Phi) is 6.82. The first-order valence-electron chi connectivity index (χ1n) is 3.70. The predicted octanol–water partition coefficient (Wildman–Crippen LogP) is 0.769. The zero-order chi connectivity index (χ0) is 8.53. The van der Waals surface area contributed by atoms with Crippen LogP contribution in [0, 0.1) is 0 Å². The molecule has 1 N–H and O–H groups in total. The molecule has 0 aromatic carbocycles. The first kappa shape index (κ1) is 10.2. The summed E-state index contributed by atoms with van der Waals surface area (Å²) in [7, 11) is 1.34. The molecule has 0 radical (unpaired) electrons. The quantitative estimate of drug-likeness (QED) is 0.606. The van der Waals surface area contributed by atoms with Gasteiger partial charge in [0.1, 0.15) is 0 Å². The van der Waals surface area contributed by atoms with Crippen LogP contribution in [0.25, 0.3) is 0 Å². The molecule has 4 heteroatoms. The molecule has 0 heterocycles. The van der Waals surface area contributed by atoms with Gasteiger partial charge >= 0.3 is 6.09 Å². The van der Waals surface area contributed by atoms with Gasteiger partial charge in [0.05, 0.1) is 13.7 Å². The Balaban J connectivity index is 2.95. The van der Waals surface area contributed by atoms with Gasteiger partial charge in [-0.25, -0.2) is 4.79 Å². The number of carbonyl (C=O) groups is 1. The van der Waals surface area contributed by atoms with E-state index in [9.17, 15) is 4.79 Å². The minimum atomic E-state index is -0.412. The average molecular weight is 161 g/mol. The van der Waals surface area contributed by atoms with Crippen LogP contribution in [0.4, 0.5) is 4.79 Å². The molecule has 0 rings (SSSR count). The van der Waals surface area contributed by atoms with Crippen LogP contribution in [-0.4, -0.2) is 33.0 Å². The van der Waals surface area contributed by atoms with Crippen molar-refractivity contribution in [2.45, 2.75) is 13.3 Å². The minimum Gasteiger partial charge on any atom is -0.453 e. The number of hydrogen-bond donors (Lipinski definition) is 1. The molecule has 0 aliphatic rings. The molecular weight excluding hydrogens is 146 g/mol. The van der Waals surface area contributed by atoms with Gasteiger partial charge in [-0.1, -0.05) is 6.92 Å². The average Bonchev–Trinajstić information content (AvgIpc) is 2.04. The molecule has 0 atom stereocenters. The van der Waals surface area contributed by atoms with Crippen molar-refractivity contribution in [3.8, 4) is 0 Å².